The van der Waals surface area contributed by atoms with Crippen molar-refractivity contribution in [3.8, 4) is 0 Å². The molecule has 0 saturated heterocycles. The molecule has 0 heterocycles. The quantitative estimate of drug-likeness (QED) is 0.0273. The van der Waals surface area contributed by atoms with Crippen LogP contribution >= 0.6 is 7.82 Å². The lowest BCUT2D eigenvalue weighted by molar-refractivity contribution is -0.870. The van der Waals surface area contributed by atoms with Gasteiger partial charge in [0.15, 0.2) is 6.10 Å². The Morgan fingerprint density at radius 3 is 1.63 bits per heavy atom. The number of nitrogens with one attached hydrogen (secondary N) is 1. The Labute approximate surface area is 328 Å². The van der Waals surface area contributed by atoms with E-state index in [0.717, 1.165) is 70.6 Å². The highest BCUT2D eigenvalue weighted by molar-refractivity contribution is 7.47. The van der Waals surface area contributed by atoms with Crippen molar-refractivity contribution >= 4 is 25.7 Å². The minimum atomic E-state index is -4.39. The number of hydrogen-bond donors (Lipinski definition) is 2. The van der Waals surface area contributed by atoms with Crippen LogP contribution in [0.5, 0.6) is 0 Å². The zero-order valence-electron chi connectivity index (χ0n) is 34.6. The summed E-state index contributed by atoms with van der Waals surface area (Å²) in [6, 6.07) is 0. The van der Waals surface area contributed by atoms with Gasteiger partial charge in [0, 0.05) is 19.4 Å². The van der Waals surface area contributed by atoms with Crippen molar-refractivity contribution in [1.29, 1.82) is 0 Å². The normalized spacial score (nSPS) is 14.6. The fourth-order valence-electron chi connectivity index (χ4n) is 6.12. The highest BCUT2D eigenvalue weighted by Crippen LogP contribution is 2.43. The van der Waals surface area contributed by atoms with Gasteiger partial charge in [0.2, 0.25) is 5.91 Å². The van der Waals surface area contributed by atoms with Crippen molar-refractivity contribution in [2.75, 3.05) is 54.1 Å². The number of ether oxygens (including phenoxy) is 2. The maximum Gasteiger partial charge on any atom is 0.472 e. The molecule has 1 unspecified atom stereocenters. The summed E-state index contributed by atoms with van der Waals surface area (Å²) in [5.41, 5.74) is 0. The fourth-order valence-corrected chi connectivity index (χ4v) is 6.86. The third kappa shape index (κ3) is 31.2. The number of carbonyl (C=O) groups is 3. The molecular formula is C42H78N2O9P+. The van der Waals surface area contributed by atoms with Crippen molar-refractivity contribution in [2.24, 2.45) is 5.92 Å². The molecule has 1 aliphatic carbocycles. The van der Waals surface area contributed by atoms with Gasteiger partial charge in [-0.25, -0.2) is 4.57 Å². The van der Waals surface area contributed by atoms with Gasteiger partial charge in [0.25, 0.3) is 0 Å². The Morgan fingerprint density at radius 1 is 0.667 bits per heavy atom. The molecule has 314 valence electrons. The summed E-state index contributed by atoms with van der Waals surface area (Å²) in [4.78, 5) is 47.3. The number of phosphoric ester groups is 1. The first-order chi connectivity index (χ1) is 25.9. The topological polar surface area (TPSA) is 137 Å². The van der Waals surface area contributed by atoms with E-state index in [2.05, 4.69) is 12.2 Å². The second-order valence-corrected chi connectivity index (χ2v) is 17.4. The Hall–Kier alpha value is -2.04. The first kappa shape index (κ1) is 50.0. The van der Waals surface area contributed by atoms with E-state index in [1.165, 1.54) is 64.2 Å². The van der Waals surface area contributed by atoms with E-state index in [0.29, 0.717) is 24.0 Å². The molecule has 0 aromatic rings. The predicted octanol–water partition coefficient (Wildman–Crippen LogP) is 9.52. The second kappa shape index (κ2) is 32.1. The van der Waals surface area contributed by atoms with Crippen LogP contribution in [0.2, 0.25) is 0 Å². The highest BCUT2D eigenvalue weighted by Gasteiger charge is 2.27. The lowest BCUT2D eigenvalue weighted by Crippen LogP contribution is -2.37. The van der Waals surface area contributed by atoms with Crippen LogP contribution in [0.1, 0.15) is 161 Å². The monoisotopic (exact) mass is 786 g/mol. The Kier molecular flexibility index (Phi) is 29.7. The Balaban J connectivity index is 2.26. The van der Waals surface area contributed by atoms with Crippen LogP contribution in [-0.2, 0) is 37.5 Å². The first-order valence-corrected chi connectivity index (χ1v) is 22.8. The highest BCUT2D eigenvalue weighted by atomic mass is 31.2. The second-order valence-electron chi connectivity index (χ2n) is 15.9. The maximum atomic E-state index is 12.7. The van der Waals surface area contributed by atoms with Crippen LogP contribution in [0.3, 0.4) is 0 Å². The zero-order chi connectivity index (χ0) is 39.8. The molecule has 0 aromatic heterocycles. The van der Waals surface area contributed by atoms with Gasteiger partial charge in [0.05, 0.1) is 33.7 Å². The standard InChI is InChI=1S/C42H77N2O9P/c1-5-6-7-8-9-10-11-12-13-15-18-21-24-31-40(45)50-36-39(37-52-54(48,49)51-35-34-44(2,3)4)53-41(46)32-25-22-19-16-14-17-20-23-28-33-43-42(47)38-29-26-27-30-38/h26-27,29-30,38-39H,5-25,28,31-37H2,1-4H3,(H-,43,47,48,49)/p+1/t39-/m1/s1. The fraction of sp³-hybridized carbons (Fsp3) is 0.833. The average molecular weight is 786 g/mol. The van der Waals surface area contributed by atoms with Crippen molar-refractivity contribution in [3.05, 3.63) is 24.3 Å². The van der Waals surface area contributed by atoms with Gasteiger partial charge in [-0.15, -0.1) is 0 Å². The van der Waals surface area contributed by atoms with Crippen LogP contribution < -0.4 is 5.32 Å². The summed E-state index contributed by atoms with van der Waals surface area (Å²) in [6.07, 6.45) is 32.1. The van der Waals surface area contributed by atoms with Crippen molar-refractivity contribution in [1.82, 2.24) is 5.32 Å². The van der Waals surface area contributed by atoms with E-state index in [1.54, 1.807) is 0 Å². The van der Waals surface area contributed by atoms with Crippen molar-refractivity contribution in [3.63, 3.8) is 0 Å². The molecule has 0 radical (unpaired) electrons. The molecule has 1 amide bonds. The largest absolute Gasteiger partial charge is 0.472 e. The summed E-state index contributed by atoms with van der Waals surface area (Å²) in [5, 5.41) is 2.99. The van der Waals surface area contributed by atoms with E-state index in [-0.39, 0.29) is 43.8 Å². The predicted molar refractivity (Wildman–Crippen MR) is 217 cm³/mol. The lowest BCUT2D eigenvalue weighted by Gasteiger charge is -2.24. The molecule has 12 heteroatoms. The summed E-state index contributed by atoms with van der Waals surface area (Å²) >= 11 is 0. The number of quaternary nitrogens is 1. The van der Waals surface area contributed by atoms with Crippen LogP contribution in [0.25, 0.3) is 0 Å². The van der Waals surface area contributed by atoms with Gasteiger partial charge >= 0.3 is 19.8 Å². The number of rotatable bonds is 37. The molecule has 11 nitrogen and oxygen atoms in total. The number of hydrogen-bond acceptors (Lipinski definition) is 8. The molecule has 54 heavy (non-hydrogen) atoms. The lowest BCUT2D eigenvalue weighted by atomic mass is 10.0. The zero-order valence-corrected chi connectivity index (χ0v) is 35.5. The van der Waals surface area contributed by atoms with Gasteiger partial charge in [-0.05, 0) is 19.3 Å². The number of unbranched alkanes of at least 4 members (excludes halogenated alkanes) is 20. The third-order valence-corrected chi connectivity index (χ3v) is 10.5. The van der Waals surface area contributed by atoms with Gasteiger partial charge in [-0.1, -0.05) is 153 Å². The molecule has 0 aliphatic heterocycles. The molecule has 0 aromatic carbocycles. The van der Waals surface area contributed by atoms with E-state index >= 15 is 0 Å². The molecule has 0 bridgehead atoms. The van der Waals surface area contributed by atoms with E-state index in [1.807, 2.05) is 45.4 Å². The number of nitrogens with zero attached hydrogens (tertiary/aromatic N) is 1. The first-order valence-electron chi connectivity index (χ1n) is 21.3. The van der Waals surface area contributed by atoms with Crippen LogP contribution in [0.15, 0.2) is 24.3 Å². The van der Waals surface area contributed by atoms with Gasteiger partial charge in [-0.2, -0.15) is 0 Å². The van der Waals surface area contributed by atoms with Crippen molar-refractivity contribution < 1.29 is 46.8 Å². The van der Waals surface area contributed by atoms with Gasteiger partial charge < -0.3 is 24.2 Å². The van der Waals surface area contributed by atoms with E-state index in [9.17, 15) is 23.8 Å². The summed E-state index contributed by atoms with van der Waals surface area (Å²) in [6.45, 7) is 2.82. The van der Waals surface area contributed by atoms with Gasteiger partial charge in [0.1, 0.15) is 19.8 Å². The average Bonchev–Trinajstić information content (AvgIpc) is 3.67. The van der Waals surface area contributed by atoms with Gasteiger partial charge in [-0.3, -0.25) is 23.4 Å². The van der Waals surface area contributed by atoms with E-state index < -0.39 is 26.5 Å². The number of likely N-dealkylation sites (N-methyl/N-ethyl adjacent to an activating group) is 1. The van der Waals surface area contributed by atoms with Crippen LogP contribution in [0.4, 0.5) is 0 Å². The molecule has 1 aliphatic rings. The molecule has 0 spiro atoms. The number of carbonyl (C=O) groups excluding carboxylic acids is 3. The molecule has 2 N–H and O–H groups in total. The smallest absolute Gasteiger partial charge is 0.462 e. The van der Waals surface area contributed by atoms with Crippen molar-refractivity contribution in [2.45, 2.75) is 167 Å². The number of amides is 1. The summed E-state index contributed by atoms with van der Waals surface area (Å²) in [5.74, 6) is -0.891. The summed E-state index contributed by atoms with van der Waals surface area (Å²) < 4.78 is 34.2. The molecule has 0 saturated carbocycles. The van der Waals surface area contributed by atoms with E-state index in [4.69, 9.17) is 18.5 Å². The maximum absolute atomic E-state index is 12.7. The number of allylic oxidation sites excluding steroid dienone is 2. The third-order valence-electron chi connectivity index (χ3n) is 9.56. The molecule has 1 rings (SSSR count). The van der Waals surface area contributed by atoms with Crippen LogP contribution in [0, 0.1) is 5.92 Å². The molecular weight excluding hydrogens is 707 g/mol. The Bertz CT molecular complexity index is 1080. The SMILES string of the molecule is CCCCCCCCCCCCCCCC(=O)OC[C@H](COP(=O)(O)OCC[N+](C)(C)C)OC(=O)CCCCCCCCCCCNC(=O)C1C=CC=C1. The number of esters is 2. The minimum absolute atomic E-state index is 0.0200. The summed E-state index contributed by atoms with van der Waals surface area (Å²) in [7, 11) is 1.43. The minimum Gasteiger partial charge on any atom is -0.462 e. The molecule has 0 fully saturated rings. The Morgan fingerprint density at radius 2 is 1.13 bits per heavy atom. The number of phosphoric acid groups is 1. The molecule has 2 atom stereocenters. The van der Waals surface area contributed by atoms with Crippen LogP contribution in [-0.4, -0.2) is 87.4 Å².